The molecule has 7 heteroatoms. The zero-order chi connectivity index (χ0) is 20.0. The Morgan fingerprint density at radius 3 is 2.37 bits per heavy atom. The number of carboxylic acids is 1. The molecule has 0 unspecified atom stereocenters. The Balaban J connectivity index is 2.20. The van der Waals surface area contributed by atoms with Gasteiger partial charge < -0.3 is 19.8 Å². The third kappa shape index (κ3) is 7.19. The Bertz CT molecular complexity index is 625. The van der Waals surface area contributed by atoms with Crippen LogP contribution in [0.3, 0.4) is 0 Å². The van der Waals surface area contributed by atoms with Crippen LogP contribution in [0.4, 0.5) is 4.79 Å². The van der Waals surface area contributed by atoms with Crippen molar-refractivity contribution in [3.63, 3.8) is 0 Å². The molecule has 3 N–H and O–H groups in total. The number of amides is 1. The highest BCUT2D eigenvalue weighted by Crippen LogP contribution is 2.31. The van der Waals surface area contributed by atoms with E-state index in [0.29, 0.717) is 12.5 Å². The van der Waals surface area contributed by atoms with Gasteiger partial charge in [-0.2, -0.15) is 0 Å². The standard InChI is InChI=1S/C20H30N2O5/c1-20(2,3)27-19(26)22(11-14-9-10-14)12-16(15-7-5-4-6-8-15)21-17(13-23)18(24)25/h4-8,14,16-17,21,23H,9-13H2,1-3H3,(H,24,25)/t16-,17-/m1/s1. The molecule has 150 valence electrons. The van der Waals surface area contributed by atoms with Gasteiger partial charge in [-0.1, -0.05) is 30.3 Å². The predicted molar refractivity (Wildman–Crippen MR) is 101 cm³/mol. The normalized spacial score (nSPS) is 16.4. The second kappa shape index (κ2) is 9.19. The van der Waals surface area contributed by atoms with Crippen molar-refractivity contribution in [3.8, 4) is 0 Å². The second-order valence-corrected chi connectivity index (χ2v) is 8.03. The fraction of sp³-hybridized carbons (Fsp3) is 0.600. The molecule has 0 spiro atoms. The molecule has 1 aromatic rings. The lowest BCUT2D eigenvalue weighted by Crippen LogP contribution is -2.48. The number of hydrogen-bond donors (Lipinski definition) is 3. The van der Waals surface area contributed by atoms with Crippen LogP contribution in [-0.2, 0) is 9.53 Å². The van der Waals surface area contributed by atoms with Crippen LogP contribution in [0.1, 0.15) is 45.2 Å². The van der Waals surface area contributed by atoms with Crippen LogP contribution in [-0.4, -0.2) is 58.5 Å². The lowest BCUT2D eigenvalue weighted by Gasteiger charge is -2.32. The Labute approximate surface area is 160 Å². The van der Waals surface area contributed by atoms with Gasteiger partial charge in [-0.05, 0) is 45.1 Å². The molecule has 0 aliphatic heterocycles. The van der Waals surface area contributed by atoms with Crippen molar-refractivity contribution < 1.29 is 24.5 Å². The minimum Gasteiger partial charge on any atom is -0.480 e. The van der Waals surface area contributed by atoms with Gasteiger partial charge in [0.2, 0.25) is 0 Å². The number of nitrogens with one attached hydrogen (secondary N) is 1. The van der Waals surface area contributed by atoms with Crippen molar-refractivity contribution in [1.29, 1.82) is 0 Å². The van der Waals surface area contributed by atoms with Gasteiger partial charge in [0, 0.05) is 13.1 Å². The molecule has 0 heterocycles. The molecule has 1 aliphatic carbocycles. The SMILES string of the molecule is CC(C)(C)OC(=O)N(CC1CC1)C[C@@H](N[C@H](CO)C(=O)O)c1ccccc1. The van der Waals surface area contributed by atoms with Crippen molar-refractivity contribution in [2.45, 2.75) is 51.3 Å². The summed E-state index contributed by atoms with van der Waals surface area (Å²) in [6.45, 7) is 5.77. The van der Waals surface area contributed by atoms with E-state index >= 15 is 0 Å². The van der Waals surface area contributed by atoms with E-state index in [9.17, 15) is 19.8 Å². The van der Waals surface area contributed by atoms with E-state index in [1.54, 1.807) is 4.90 Å². The van der Waals surface area contributed by atoms with Gasteiger partial charge in [0.15, 0.2) is 0 Å². The number of benzene rings is 1. The number of aliphatic hydroxyl groups excluding tert-OH is 1. The van der Waals surface area contributed by atoms with E-state index < -0.39 is 36.4 Å². The molecule has 2 atom stereocenters. The Kier molecular flexibility index (Phi) is 7.21. The molecule has 1 amide bonds. The summed E-state index contributed by atoms with van der Waals surface area (Å²) in [5, 5.41) is 21.7. The van der Waals surface area contributed by atoms with Gasteiger partial charge in [-0.3, -0.25) is 10.1 Å². The summed E-state index contributed by atoms with van der Waals surface area (Å²) in [7, 11) is 0. The van der Waals surface area contributed by atoms with Crippen molar-refractivity contribution in [1.82, 2.24) is 10.2 Å². The average molecular weight is 378 g/mol. The molecule has 7 nitrogen and oxygen atoms in total. The molecule has 1 saturated carbocycles. The maximum absolute atomic E-state index is 12.7. The number of nitrogens with zero attached hydrogens (tertiary/aromatic N) is 1. The van der Waals surface area contributed by atoms with Crippen molar-refractivity contribution >= 4 is 12.1 Å². The van der Waals surface area contributed by atoms with E-state index in [2.05, 4.69) is 5.32 Å². The topological polar surface area (TPSA) is 99.1 Å². The largest absolute Gasteiger partial charge is 0.480 e. The summed E-state index contributed by atoms with van der Waals surface area (Å²) in [5.74, 6) is -0.675. The molecule has 0 radical (unpaired) electrons. The van der Waals surface area contributed by atoms with Gasteiger partial charge >= 0.3 is 12.1 Å². The van der Waals surface area contributed by atoms with E-state index in [1.807, 2.05) is 51.1 Å². The highest BCUT2D eigenvalue weighted by molar-refractivity contribution is 5.73. The molecule has 1 aliphatic rings. The number of aliphatic hydroxyl groups is 1. The minimum atomic E-state index is -1.13. The van der Waals surface area contributed by atoms with Crippen LogP contribution in [0.2, 0.25) is 0 Å². The summed E-state index contributed by atoms with van der Waals surface area (Å²) in [6, 6.07) is 7.78. The third-order valence-electron chi connectivity index (χ3n) is 4.32. The first-order valence-corrected chi connectivity index (χ1v) is 9.32. The number of hydrogen-bond acceptors (Lipinski definition) is 5. The van der Waals surface area contributed by atoms with Crippen molar-refractivity contribution in [2.24, 2.45) is 5.92 Å². The number of rotatable bonds is 9. The van der Waals surface area contributed by atoms with Crippen LogP contribution in [0.5, 0.6) is 0 Å². The van der Waals surface area contributed by atoms with Gasteiger partial charge in [-0.25, -0.2) is 4.79 Å². The van der Waals surface area contributed by atoms with E-state index in [0.717, 1.165) is 18.4 Å². The van der Waals surface area contributed by atoms with E-state index in [1.165, 1.54) is 0 Å². The Hall–Kier alpha value is -2.12. The average Bonchev–Trinajstić information content (AvgIpc) is 3.40. The Morgan fingerprint density at radius 2 is 1.89 bits per heavy atom. The van der Waals surface area contributed by atoms with Gasteiger partial charge in [-0.15, -0.1) is 0 Å². The number of aliphatic carboxylic acids is 1. The number of carbonyl (C=O) groups is 2. The second-order valence-electron chi connectivity index (χ2n) is 8.03. The summed E-state index contributed by atoms with van der Waals surface area (Å²) in [6.07, 6.45) is 1.75. The molecular formula is C20H30N2O5. The number of carbonyl (C=O) groups excluding carboxylic acids is 1. The van der Waals surface area contributed by atoms with Crippen LogP contribution in [0, 0.1) is 5.92 Å². The minimum absolute atomic E-state index is 0.263. The zero-order valence-corrected chi connectivity index (χ0v) is 16.2. The third-order valence-corrected chi connectivity index (χ3v) is 4.32. The van der Waals surface area contributed by atoms with Gasteiger partial charge in [0.1, 0.15) is 11.6 Å². The van der Waals surface area contributed by atoms with Crippen LogP contribution < -0.4 is 5.32 Å². The first kappa shape index (κ1) is 21.2. The maximum atomic E-state index is 12.7. The fourth-order valence-corrected chi connectivity index (χ4v) is 2.77. The van der Waals surface area contributed by atoms with Crippen molar-refractivity contribution in [3.05, 3.63) is 35.9 Å². The van der Waals surface area contributed by atoms with E-state index in [-0.39, 0.29) is 6.54 Å². The highest BCUT2D eigenvalue weighted by atomic mass is 16.6. The number of ether oxygens (including phenoxy) is 1. The first-order chi connectivity index (χ1) is 12.7. The van der Waals surface area contributed by atoms with E-state index in [4.69, 9.17) is 4.74 Å². The molecule has 0 saturated heterocycles. The summed E-state index contributed by atoms with van der Waals surface area (Å²) < 4.78 is 5.54. The highest BCUT2D eigenvalue weighted by Gasteiger charge is 2.32. The van der Waals surface area contributed by atoms with Crippen LogP contribution >= 0.6 is 0 Å². The molecule has 2 rings (SSSR count). The smallest absolute Gasteiger partial charge is 0.410 e. The monoisotopic (exact) mass is 378 g/mol. The summed E-state index contributed by atoms with van der Waals surface area (Å²) in [5.41, 5.74) is 0.241. The maximum Gasteiger partial charge on any atom is 0.410 e. The molecule has 27 heavy (non-hydrogen) atoms. The molecule has 0 bridgehead atoms. The van der Waals surface area contributed by atoms with Gasteiger partial charge in [0.25, 0.3) is 0 Å². The molecule has 1 fully saturated rings. The van der Waals surface area contributed by atoms with Crippen LogP contribution in [0.25, 0.3) is 0 Å². The fourth-order valence-electron chi connectivity index (χ4n) is 2.77. The lowest BCUT2D eigenvalue weighted by molar-refractivity contribution is -0.140. The zero-order valence-electron chi connectivity index (χ0n) is 16.2. The number of carboxylic acid groups (broad SMARTS) is 1. The summed E-state index contributed by atoms with van der Waals surface area (Å²) in [4.78, 5) is 25.7. The molecular weight excluding hydrogens is 348 g/mol. The van der Waals surface area contributed by atoms with Crippen molar-refractivity contribution in [2.75, 3.05) is 19.7 Å². The molecule has 0 aromatic heterocycles. The molecule has 1 aromatic carbocycles. The quantitative estimate of drug-likeness (QED) is 0.610. The first-order valence-electron chi connectivity index (χ1n) is 9.32. The van der Waals surface area contributed by atoms with Crippen LogP contribution in [0.15, 0.2) is 30.3 Å². The predicted octanol–water partition coefficient (Wildman–Crippen LogP) is 2.41. The Morgan fingerprint density at radius 1 is 1.26 bits per heavy atom. The summed E-state index contributed by atoms with van der Waals surface area (Å²) >= 11 is 0. The van der Waals surface area contributed by atoms with Gasteiger partial charge in [0.05, 0.1) is 12.6 Å². The lowest BCUT2D eigenvalue weighted by atomic mass is 10.0.